The molecule has 3 heteroatoms. The summed E-state index contributed by atoms with van der Waals surface area (Å²) in [4.78, 5) is 0. The molecular weight excluding hydrogens is 457 g/mol. The largest absolute Gasteiger partial charge is 0.455 e. The van der Waals surface area contributed by atoms with Crippen molar-refractivity contribution in [2.24, 2.45) is 82.9 Å². The van der Waals surface area contributed by atoms with Gasteiger partial charge >= 0.3 is 0 Å². The second kappa shape index (κ2) is 7.84. The van der Waals surface area contributed by atoms with E-state index in [0.29, 0.717) is 0 Å². The van der Waals surface area contributed by atoms with E-state index in [1.54, 1.807) is 44.9 Å². The number of rotatable bonds is 8. The number of fused-ring (bicyclic) bond motifs is 18. The third kappa shape index (κ3) is 3.52. The first-order valence-electron chi connectivity index (χ1n) is 16.1. The van der Waals surface area contributed by atoms with Crippen LogP contribution in [-0.2, 0) is 4.12 Å². The van der Waals surface area contributed by atoms with Crippen molar-refractivity contribution in [2.45, 2.75) is 102 Å². The van der Waals surface area contributed by atoms with Gasteiger partial charge < -0.3 is 4.12 Å². The van der Waals surface area contributed by atoms with Crippen molar-refractivity contribution in [1.29, 1.82) is 0 Å². The van der Waals surface area contributed by atoms with Crippen LogP contribution in [0.1, 0.15) is 64.2 Å². The minimum Gasteiger partial charge on any atom is -0.455 e. The van der Waals surface area contributed by atoms with Crippen molar-refractivity contribution in [3.63, 3.8) is 0 Å². The predicted molar refractivity (Wildman–Crippen MR) is 150 cm³/mol. The molecule has 0 N–H and O–H groups in total. The van der Waals surface area contributed by atoms with Crippen LogP contribution < -0.4 is 0 Å². The second-order valence-corrected chi connectivity index (χ2v) is 25.5. The van der Waals surface area contributed by atoms with Crippen LogP contribution in [-0.4, -0.2) is 16.6 Å². The lowest BCUT2D eigenvalue weighted by atomic mass is 9.67. The highest BCUT2D eigenvalue weighted by atomic mass is 28.4. The fraction of sp³-hybridized carbons (Fsp3) is 0.938. The van der Waals surface area contributed by atoms with E-state index in [4.69, 9.17) is 4.12 Å². The maximum Gasteiger partial charge on any atom is 0.173 e. The SMILES string of the molecule is C[Si](C)(CCC1CC2CC1C1C3C=CC(C3)C21)O[Si](C)(C)CCC1CC2CC1C1C3CCC(C3)C21. The van der Waals surface area contributed by atoms with Crippen LogP contribution in [0.25, 0.3) is 0 Å². The van der Waals surface area contributed by atoms with Gasteiger partial charge in [0.1, 0.15) is 0 Å². The standard InChI is InChI=1S/C32H52OSi2/c1-34(2,11-9-19-13-25-17-27(19)31-23-7-5-21(15-23)29(25)31)33-35(3,4)12-10-20-14-26-18-28(20)32-24-8-6-22(16-24)30(26)32/h5,7,19-32H,6,8-18H2,1-4H3. The molecule has 35 heavy (non-hydrogen) atoms. The molecule has 8 aliphatic rings. The zero-order chi connectivity index (χ0) is 23.7. The van der Waals surface area contributed by atoms with Gasteiger partial charge in [-0.25, -0.2) is 0 Å². The lowest BCUT2D eigenvalue weighted by Gasteiger charge is -2.41. The maximum absolute atomic E-state index is 7.24. The molecule has 1 nitrogen and oxygen atoms in total. The summed E-state index contributed by atoms with van der Waals surface area (Å²) in [7, 11) is -3.12. The minimum atomic E-state index is -1.56. The van der Waals surface area contributed by atoms with E-state index in [-0.39, 0.29) is 0 Å². The highest BCUT2D eigenvalue weighted by Crippen LogP contribution is 2.70. The molecule has 8 aliphatic carbocycles. The van der Waals surface area contributed by atoms with Crippen molar-refractivity contribution < 1.29 is 4.12 Å². The molecule has 0 aromatic heterocycles. The molecule has 0 amide bonds. The molecule has 0 aliphatic heterocycles. The van der Waals surface area contributed by atoms with Crippen LogP contribution in [0.15, 0.2) is 12.2 Å². The molecule has 7 fully saturated rings. The Balaban J connectivity index is 0.844. The highest BCUT2D eigenvalue weighted by Gasteiger charge is 2.62. The second-order valence-electron chi connectivity index (χ2n) is 16.6. The average Bonchev–Trinajstić information content (AvgIpc) is 3.65. The van der Waals surface area contributed by atoms with Crippen LogP contribution in [0.4, 0.5) is 0 Å². The summed E-state index contributed by atoms with van der Waals surface area (Å²) in [5.74, 6) is 15.3. The summed E-state index contributed by atoms with van der Waals surface area (Å²) >= 11 is 0. The Morgan fingerprint density at radius 3 is 1.77 bits per heavy atom. The Hall–Kier alpha value is 0.134. The van der Waals surface area contributed by atoms with Crippen molar-refractivity contribution in [2.75, 3.05) is 0 Å². The van der Waals surface area contributed by atoms with Crippen molar-refractivity contribution in [1.82, 2.24) is 0 Å². The number of hydrogen-bond donors (Lipinski definition) is 0. The first-order chi connectivity index (χ1) is 16.8. The Morgan fingerprint density at radius 1 is 0.571 bits per heavy atom. The van der Waals surface area contributed by atoms with E-state index in [9.17, 15) is 0 Å². The van der Waals surface area contributed by atoms with Crippen LogP contribution in [0.5, 0.6) is 0 Å². The molecule has 194 valence electrons. The third-order valence-electron chi connectivity index (χ3n) is 14.1. The Labute approximate surface area is 217 Å². The van der Waals surface area contributed by atoms with Gasteiger partial charge in [-0.1, -0.05) is 25.0 Å². The van der Waals surface area contributed by atoms with Gasteiger partial charge in [-0.15, -0.1) is 0 Å². The Morgan fingerprint density at radius 2 is 1.11 bits per heavy atom. The quantitative estimate of drug-likeness (QED) is 0.181. The van der Waals surface area contributed by atoms with Gasteiger partial charge in [-0.05, 0) is 172 Å². The normalized spacial score (nSPS) is 54.4. The first-order valence-corrected chi connectivity index (χ1v) is 22.4. The van der Waals surface area contributed by atoms with Gasteiger partial charge in [0.25, 0.3) is 0 Å². The number of allylic oxidation sites excluding steroid dienone is 2. The van der Waals surface area contributed by atoms with Crippen molar-refractivity contribution in [3.8, 4) is 0 Å². The molecule has 0 spiro atoms. The Kier molecular flexibility index (Phi) is 5.17. The molecule has 0 heterocycles. The summed E-state index contributed by atoms with van der Waals surface area (Å²) in [5.41, 5.74) is 0. The van der Waals surface area contributed by atoms with Gasteiger partial charge in [0.05, 0.1) is 0 Å². The summed E-state index contributed by atoms with van der Waals surface area (Å²) < 4.78 is 7.24. The molecule has 8 rings (SSSR count). The summed E-state index contributed by atoms with van der Waals surface area (Å²) in [5, 5.41) is 0. The van der Waals surface area contributed by atoms with E-state index in [0.717, 1.165) is 71.0 Å². The van der Waals surface area contributed by atoms with Crippen LogP contribution in [0, 0.1) is 82.9 Å². The van der Waals surface area contributed by atoms with Gasteiger partial charge in [0.15, 0.2) is 16.6 Å². The van der Waals surface area contributed by atoms with Crippen LogP contribution in [0.2, 0.25) is 38.3 Å². The van der Waals surface area contributed by atoms with Gasteiger partial charge in [-0.2, -0.15) is 0 Å². The third-order valence-corrected chi connectivity index (χ3v) is 21.5. The molecule has 8 bridgehead atoms. The fourth-order valence-corrected chi connectivity index (χ4v) is 22.4. The monoisotopic (exact) mass is 508 g/mol. The van der Waals surface area contributed by atoms with Crippen LogP contribution in [0.3, 0.4) is 0 Å². The van der Waals surface area contributed by atoms with E-state index in [2.05, 4.69) is 38.3 Å². The molecular formula is C32H52OSi2. The smallest absolute Gasteiger partial charge is 0.173 e. The van der Waals surface area contributed by atoms with E-state index >= 15 is 0 Å². The average molecular weight is 509 g/mol. The molecule has 14 unspecified atom stereocenters. The molecule has 0 saturated heterocycles. The van der Waals surface area contributed by atoms with E-state index in [1.807, 2.05) is 0 Å². The minimum absolute atomic E-state index is 0.969. The molecule has 14 atom stereocenters. The predicted octanol–water partition coefficient (Wildman–Crippen LogP) is 8.61. The van der Waals surface area contributed by atoms with Crippen LogP contribution >= 0.6 is 0 Å². The molecule has 0 aromatic rings. The fourth-order valence-electron chi connectivity index (χ4n) is 13.4. The van der Waals surface area contributed by atoms with E-state index < -0.39 is 16.6 Å². The van der Waals surface area contributed by atoms with Crippen molar-refractivity contribution >= 4 is 16.6 Å². The first kappa shape index (κ1) is 23.1. The summed E-state index contributed by atoms with van der Waals surface area (Å²) in [6, 6.07) is 2.87. The molecule has 0 aromatic carbocycles. The van der Waals surface area contributed by atoms with Gasteiger partial charge in [0.2, 0.25) is 0 Å². The molecule has 7 saturated carbocycles. The Bertz CT molecular complexity index is 894. The lowest BCUT2D eigenvalue weighted by molar-refractivity contribution is 0.103. The highest BCUT2D eigenvalue weighted by molar-refractivity contribution is 6.84. The van der Waals surface area contributed by atoms with Crippen molar-refractivity contribution in [3.05, 3.63) is 12.2 Å². The van der Waals surface area contributed by atoms with Gasteiger partial charge in [-0.3, -0.25) is 0 Å². The maximum atomic E-state index is 7.24. The summed E-state index contributed by atoms with van der Waals surface area (Å²) in [6.07, 6.45) is 20.9. The number of hydrogen-bond acceptors (Lipinski definition) is 1. The van der Waals surface area contributed by atoms with E-state index in [1.165, 1.54) is 43.2 Å². The lowest BCUT2D eigenvalue weighted by Crippen LogP contribution is -2.45. The topological polar surface area (TPSA) is 9.23 Å². The molecule has 0 radical (unpaired) electrons. The van der Waals surface area contributed by atoms with Gasteiger partial charge in [0, 0.05) is 0 Å². The zero-order valence-corrected chi connectivity index (χ0v) is 25.1. The zero-order valence-electron chi connectivity index (χ0n) is 23.1. The summed E-state index contributed by atoms with van der Waals surface area (Å²) in [6.45, 7) is 10.3.